The van der Waals surface area contributed by atoms with Crippen LogP contribution in [-0.2, 0) is 10.0 Å². The van der Waals surface area contributed by atoms with Crippen LogP contribution in [0.15, 0.2) is 21.5 Å². The lowest BCUT2D eigenvalue weighted by molar-refractivity contribution is 0.0696. The third-order valence-corrected chi connectivity index (χ3v) is 6.13. The summed E-state index contributed by atoms with van der Waals surface area (Å²) >= 11 is 10.5. The molecule has 0 aliphatic rings. The highest BCUT2D eigenvalue weighted by atomic mass is 79.9. The Hall–Kier alpha value is -0.280. The van der Waals surface area contributed by atoms with Crippen molar-refractivity contribution in [3.05, 3.63) is 27.2 Å². The molecule has 0 bridgehead atoms. The molecule has 118 valence electrons. The Labute approximate surface area is 141 Å². The number of carbonyl (C=O) groups is 1. The van der Waals surface area contributed by atoms with Crippen molar-refractivity contribution in [3.63, 3.8) is 0 Å². The van der Waals surface area contributed by atoms with Gasteiger partial charge in [0.05, 0.1) is 15.5 Å². The molecule has 0 radical (unpaired) electrons. The maximum atomic E-state index is 12.3. The molecule has 1 rings (SSSR count). The molecule has 0 spiro atoms. The first-order valence-corrected chi connectivity index (χ1v) is 9.97. The van der Waals surface area contributed by atoms with Crippen molar-refractivity contribution in [3.8, 4) is 0 Å². The molecule has 0 saturated heterocycles. The minimum absolute atomic E-state index is 0.0307. The van der Waals surface area contributed by atoms with E-state index in [-0.39, 0.29) is 26.0 Å². The molecule has 0 aliphatic heterocycles. The fourth-order valence-corrected chi connectivity index (χ4v) is 4.28. The average Bonchev–Trinajstić information content (AvgIpc) is 2.38. The number of carboxylic acids is 1. The van der Waals surface area contributed by atoms with Crippen LogP contribution in [0.5, 0.6) is 0 Å². The molecule has 0 aromatic heterocycles. The van der Waals surface area contributed by atoms with Gasteiger partial charge in [0.15, 0.2) is 0 Å². The van der Waals surface area contributed by atoms with E-state index in [4.69, 9.17) is 16.7 Å². The Morgan fingerprint density at radius 1 is 1.52 bits per heavy atom. The summed E-state index contributed by atoms with van der Waals surface area (Å²) in [7, 11) is -3.80. The molecular formula is C12H15BrClNO4S2. The van der Waals surface area contributed by atoms with Crippen molar-refractivity contribution in [2.24, 2.45) is 0 Å². The zero-order valence-electron chi connectivity index (χ0n) is 11.4. The van der Waals surface area contributed by atoms with E-state index in [1.54, 1.807) is 18.7 Å². The second kappa shape index (κ2) is 7.82. The summed E-state index contributed by atoms with van der Waals surface area (Å²) in [5.41, 5.74) is -0.261. The van der Waals surface area contributed by atoms with E-state index in [0.717, 1.165) is 11.8 Å². The van der Waals surface area contributed by atoms with Crippen LogP contribution in [0.3, 0.4) is 0 Å². The van der Waals surface area contributed by atoms with Gasteiger partial charge in [-0.15, -0.1) is 0 Å². The van der Waals surface area contributed by atoms with Gasteiger partial charge in [-0.05, 0) is 53.4 Å². The summed E-state index contributed by atoms with van der Waals surface area (Å²) in [6, 6.07) is 2.10. The van der Waals surface area contributed by atoms with E-state index in [9.17, 15) is 13.2 Å². The molecule has 0 fully saturated rings. The number of halogens is 2. The molecule has 1 aromatic rings. The molecule has 1 atom stereocenters. The van der Waals surface area contributed by atoms with Crippen LogP contribution in [0.2, 0.25) is 5.02 Å². The Bertz CT molecular complexity index is 636. The molecule has 0 heterocycles. The molecule has 21 heavy (non-hydrogen) atoms. The average molecular weight is 417 g/mol. The Balaban J connectivity index is 3.12. The molecule has 2 N–H and O–H groups in total. The first-order valence-electron chi connectivity index (χ1n) is 5.92. The molecule has 5 nitrogen and oxygen atoms in total. The summed E-state index contributed by atoms with van der Waals surface area (Å²) in [6.07, 6.45) is 2.62. The first-order chi connectivity index (χ1) is 9.69. The van der Waals surface area contributed by atoms with Gasteiger partial charge in [0.25, 0.3) is 0 Å². The highest BCUT2D eigenvalue weighted by Gasteiger charge is 2.22. The molecule has 0 saturated carbocycles. The Morgan fingerprint density at radius 3 is 2.67 bits per heavy atom. The Morgan fingerprint density at radius 2 is 2.14 bits per heavy atom. The molecule has 0 amide bonds. The molecule has 1 unspecified atom stereocenters. The van der Waals surface area contributed by atoms with Crippen LogP contribution < -0.4 is 4.72 Å². The fraction of sp³-hybridized carbons (Fsp3) is 0.417. The maximum Gasteiger partial charge on any atom is 0.337 e. The number of carboxylic acid groups (broad SMARTS) is 1. The number of hydrogen-bond acceptors (Lipinski definition) is 4. The highest BCUT2D eigenvalue weighted by molar-refractivity contribution is 9.10. The minimum Gasteiger partial charge on any atom is -0.478 e. The van der Waals surface area contributed by atoms with Gasteiger partial charge >= 0.3 is 5.97 Å². The van der Waals surface area contributed by atoms with Crippen molar-refractivity contribution in [2.45, 2.75) is 24.3 Å². The van der Waals surface area contributed by atoms with E-state index in [2.05, 4.69) is 20.7 Å². The summed E-state index contributed by atoms with van der Waals surface area (Å²) in [6.45, 7) is 1.76. The summed E-state index contributed by atoms with van der Waals surface area (Å²) < 4.78 is 27.3. The highest BCUT2D eigenvalue weighted by Crippen LogP contribution is 2.30. The molecule has 1 aromatic carbocycles. The maximum absolute atomic E-state index is 12.3. The molecular weight excluding hydrogens is 402 g/mol. The summed E-state index contributed by atoms with van der Waals surface area (Å²) in [5.74, 6) is -0.456. The second-order valence-electron chi connectivity index (χ2n) is 4.38. The number of thioether (sulfide) groups is 1. The van der Waals surface area contributed by atoms with Crippen LogP contribution in [-0.4, -0.2) is 37.5 Å². The SMILES string of the molecule is CSCCC(C)NS(=O)(=O)c1cc(Br)c(Cl)c(C(=O)O)c1. The number of aromatic carboxylic acids is 1. The van der Waals surface area contributed by atoms with Crippen molar-refractivity contribution < 1.29 is 18.3 Å². The lowest BCUT2D eigenvalue weighted by atomic mass is 10.2. The van der Waals surface area contributed by atoms with Gasteiger partial charge in [0.2, 0.25) is 10.0 Å². The predicted octanol–water partition coefficient (Wildman–Crippen LogP) is 3.22. The van der Waals surface area contributed by atoms with Crippen LogP contribution >= 0.6 is 39.3 Å². The van der Waals surface area contributed by atoms with Crippen molar-refractivity contribution in [2.75, 3.05) is 12.0 Å². The normalized spacial score (nSPS) is 13.1. The number of benzene rings is 1. The van der Waals surface area contributed by atoms with Crippen LogP contribution in [0.4, 0.5) is 0 Å². The van der Waals surface area contributed by atoms with E-state index >= 15 is 0 Å². The van der Waals surface area contributed by atoms with Crippen molar-refractivity contribution >= 4 is 55.3 Å². The van der Waals surface area contributed by atoms with Gasteiger partial charge in [-0.1, -0.05) is 11.6 Å². The quantitative estimate of drug-likeness (QED) is 0.713. The van der Waals surface area contributed by atoms with Gasteiger partial charge in [0, 0.05) is 10.5 Å². The summed E-state index contributed by atoms with van der Waals surface area (Å²) in [4.78, 5) is 11.0. The standard InChI is InChI=1S/C12H15BrClNO4S2/c1-7(3-4-20-2)15-21(18,19)8-5-9(12(16)17)11(14)10(13)6-8/h5-7,15H,3-4H2,1-2H3,(H,16,17). The Kier molecular flexibility index (Phi) is 6.99. The second-order valence-corrected chi connectivity index (χ2v) is 8.31. The number of nitrogens with one attached hydrogen (secondary N) is 1. The zero-order chi connectivity index (χ0) is 16.2. The van der Waals surface area contributed by atoms with Crippen molar-refractivity contribution in [1.82, 2.24) is 4.72 Å². The van der Waals surface area contributed by atoms with E-state index in [1.807, 2.05) is 6.26 Å². The third kappa shape index (κ3) is 5.14. The van der Waals surface area contributed by atoms with Gasteiger partial charge in [-0.3, -0.25) is 0 Å². The summed E-state index contributed by atoms with van der Waals surface area (Å²) in [5, 5.41) is 9.02. The molecule has 9 heteroatoms. The smallest absolute Gasteiger partial charge is 0.337 e. The fourth-order valence-electron chi connectivity index (χ4n) is 1.56. The van der Waals surface area contributed by atoms with Crippen LogP contribution in [0.25, 0.3) is 0 Å². The van der Waals surface area contributed by atoms with Gasteiger partial charge < -0.3 is 5.11 Å². The molecule has 0 aliphatic carbocycles. The van der Waals surface area contributed by atoms with E-state index < -0.39 is 16.0 Å². The van der Waals surface area contributed by atoms with E-state index in [1.165, 1.54) is 6.07 Å². The van der Waals surface area contributed by atoms with Gasteiger partial charge in [-0.2, -0.15) is 11.8 Å². The van der Waals surface area contributed by atoms with Gasteiger partial charge in [0.1, 0.15) is 0 Å². The van der Waals surface area contributed by atoms with Gasteiger partial charge in [-0.25, -0.2) is 17.9 Å². The lowest BCUT2D eigenvalue weighted by Gasteiger charge is -2.14. The van der Waals surface area contributed by atoms with E-state index in [0.29, 0.717) is 6.42 Å². The third-order valence-electron chi connectivity index (χ3n) is 2.65. The first kappa shape index (κ1) is 18.8. The zero-order valence-corrected chi connectivity index (χ0v) is 15.4. The largest absolute Gasteiger partial charge is 0.478 e. The number of hydrogen-bond donors (Lipinski definition) is 2. The van der Waals surface area contributed by atoms with Crippen LogP contribution in [0.1, 0.15) is 23.7 Å². The lowest BCUT2D eigenvalue weighted by Crippen LogP contribution is -2.33. The van der Waals surface area contributed by atoms with Crippen molar-refractivity contribution in [1.29, 1.82) is 0 Å². The van der Waals surface area contributed by atoms with Crippen LogP contribution in [0, 0.1) is 0 Å². The minimum atomic E-state index is -3.80. The number of sulfonamides is 1. The monoisotopic (exact) mass is 415 g/mol. The topological polar surface area (TPSA) is 83.5 Å². The number of rotatable bonds is 7. The predicted molar refractivity (Wildman–Crippen MR) is 88.9 cm³/mol.